The van der Waals surface area contributed by atoms with Crippen molar-refractivity contribution < 1.29 is 9.53 Å². The molecular weight excluding hydrogens is 330 g/mol. The smallest absolute Gasteiger partial charge is 0.275 e. The zero-order chi connectivity index (χ0) is 18.1. The number of ether oxygens (including phenoxy) is 1. The Morgan fingerprint density at radius 2 is 1.96 bits per heavy atom. The van der Waals surface area contributed by atoms with Crippen molar-refractivity contribution in [2.75, 3.05) is 7.11 Å². The van der Waals surface area contributed by atoms with E-state index in [1.807, 2.05) is 42.3 Å². The van der Waals surface area contributed by atoms with Crippen LogP contribution in [0.2, 0.25) is 0 Å². The van der Waals surface area contributed by atoms with Gasteiger partial charge in [-0.3, -0.25) is 9.78 Å². The number of imidazole rings is 1. The summed E-state index contributed by atoms with van der Waals surface area (Å²) in [7, 11) is 1.64. The van der Waals surface area contributed by atoms with E-state index in [1.165, 1.54) is 6.20 Å². The molecule has 3 heterocycles. The van der Waals surface area contributed by atoms with Crippen LogP contribution in [0, 0.1) is 6.92 Å². The Morgan fingerprint density at radius 3 is 2.65 bits per heavy atom. The molecular formula is C19H19N5O2. The molecule has 26 heavy (non-hydrogen) atoms. The summed E-state index contributed by atoms with van der Waals surface area (Å²) in [5, 5.41) is 0. The largest absolute Gasteiger partial charge is 0.497 e. The molecule has 0 unspecified atom stereocenters. The standard InChI is InChI=1S/C19H19N5O2/c1-13-9-22-16(10-21-13)19(25)24-12-18-20-7-8-23(18)11-17(24)14-3-5-15(26-2)6-4-14/h3-10,17H,11-12H2,1-2H3/t17-/m1/s1. The van der Waals surface area contributed by atoms with Crippen molar-refractivity contribution in [1.82, 2.24) is 24.4 Å². The first-order chi connectivity index (χ1) is 12.7. The topological polar surface area (TPSA) is 73.1 Å². The van der Waals surface area contributed by atoms with E-state index in [2.05, 4.69) is 19.5 Å². The van der Waals surface area contributed by atoms with Gasteiger partial charge in [0.05, 0.1) is 31.6 Å². The fraction of sp³-hybridized carbons (Fsp3) is 0.263. The fourth-order valence-electron chi connectivity index (χ4n) is 3.18. The number of methoxy groups -OCH3 is 1. The average Bonchev–Trinajstić information content (AvgIpc) is 3.14. The van der Waals surface area contributed by atoms with Gasteiger partial charge < -0.3 is 14.2 Å². The number of aryl methyl sites for hydroxylation is 1. The van der Waals surface area contributed by atoms with Crippen molar-refractivity contribution in [1.29, 1.82) is 0 Å². The Hall–Kier alpha value is -3.22. The van der Waals surface area contributed by atoms with Crippen LogP contribution in [0.15, 0.2) is 49.1 Å². The lowest BCUT2D eigenvalue weighted by Crippen LogP contribution is -2.41. The zero-order valence-corrected chi connectivity index (χ0v) is 14.7. The minimum atomic E-state index is -0.146. The number of carbonyl (C=O) groups is 1. The third-order valence-corrected chi connectivity index (χ3v) is 4.62. The highest BCUT2D eigenvalue weighted by Crippen LogP contribution is 2.31. The Labute approximate surface area is 151 Å². The van der Waals surface area contributed by atoms with E-state index in [0.717, 1.165) is 22.8 Å². The number of hydrogen-bond donors (Lipinski definition) is 0. The Kier molecular flexibility index (Phi) is 4.12. The molecule has 0 bridgehead atoms. The second kappa shape index (κ2) is 6.59. The van der Waals surface area contributed by atoms with Gasteiger partial charge in [0.15, 0.2) is 0 Å². The van der Waals surface area contributed by atoms with Crippen LogP contribution in [-0.2, 0) is 13.1 Å². The van der Waals surface area contributed by atoms with Crippen molar-refractivity contribution in [2.45, 2.75) is 26.1 Å². The molecule has 0 radical (unpaired) electrons. The molecule has 3 aromatic rings. The van der Waals surface area contributed by atoms with Gasteiger partial charge in [-0.1, -0.05) is 12.1 Å². The van der Waals surface area contributed by atoms with Crippen LogP contribution in [-0.4, -0.2) is 37.4 Å². The van der Waals surface area contributed by atoms with Gasteiger partial charge in [0.2, 0.25) is 0 Å². The van der Waals surface area contributed by atoms with Crippen molar-refractivity contribution in [2.24, 2.45) is 0 Å². The van der Waals surface area contributed by atoms with Gasteiger partial charge >= 0.3 is 0 Å². The van der Waals surface area contributed by atoms with Crippen LogP contribution < -0.4 is 4.74 Å². The molecule has 132 valence electrons. The highest BCUT2D eigenvalue weighted by molar-refractivity contribution is 5.92. The zero-order valence-electron chi connectivity index (χ0n) is 14.7. The summed E-state index contributed by atoms with van der Waals surface area (Å²) in [4.78, 5) is 27.7. The predicted octanol–water partition coefficient (Wildman–Crippen LogP) is 2.39. The summed E-state index contributed by atoms with van der Waals surface area (Å²) in [5.74, 6) is 1.51. The van der Waals surface area contributed by atoms with E-state index in [0.29, 0.717) is 18.8 Å². The van der Waals surface area contributed by atoms with E-state index in [1.54, 1.807) is 19.5 Å². The molecule has 0 saturated heterocycles. The summed E-state index contributed by atoms with van der Waals surface area (Å²) in [6.45, 7) is 2.92. The van der Waals surface area contributed by atoms with E-state index >= 15 is 0 Å². The summed E-state index contributed by atoms with van der Waals surface area (Å²) in [6.07, 6.45) is 6.85. The maximum atomic E-state index is 13.1. The minimum Gasteiger partial charge on any atom is -0.497 e. The minimum absolute atomic E-state index is 0.113. The molecule has 7 heteroatoms. The summed E-state index contributed by atoms with van der Waals surface area (Å²) in [5.41, 5.74) is 2.16. The van der Waals surface area contributed by atoms with Gasteiger partial charge in [0.25, 0.3) is 5.91 Å². The summed E-state index contributed by atoms with van der Waals surface area (Å²) in [6, 6.07) is 7.69. The van der Waals surface area contributed by atoms with Crippen molar-refractivity contribution in [3.63, 3.8) is 0 Å². The molecule has 0 spiro atoms. The maximum absolute atomic E-state index is 13.1. The lowest BCUT2D eigenvalue weighted by atomic mass is 10.0. The number of aromatic nitrogens is 4. The third kappa shape index (κ3) is 2.92. The number of amides is 1. The monoisotopic (exact) mass is 349 g/mol. The predicted molar refractivity (Wildman–Crippen MR) is 94.6 cm³/mol. The SMILES string of the molecule is COc1ccc([C@H]2Cn3ccnc3CN2C(=O)c2cnc(C)cn2)cc1. The van der Waals surface area contributed by atoms with Crippen molar-refractivity contribution in [3.8, 4) is 5.75 Å². The van der Waals surface area contributed by atoms with Gasteiger partial charge in [-0.15, -0.1) is 0 Å². The van der Waals surface area contributed by atoms with Crippen molar-refractivity contribution >= 4 is 5.91 Å². The molecule has 1 atom stereocenters. The molecule has 4 rings (SSSR count). The first-order valence-corrected chi connectivity index (χ1v) is 8.39. The highest BCUT2D eigenvalue weighted by atomic mass is 16.5. The molecule has 1 aromatic carbocycles. The van der Waals surface area contributed by atoms with E-state index in [9.17, 15) is 4.79 Å². The quantitative estimate of drug-likeness (QED) is 0.726. The molecule has 0 saturated carbocycles. The number of rotatable bonds is 3. The molecule has 1 amide bonds. The van der Waals surface area contributed by atoms with E-state index in [-0.39, 0.29) is 11.9 Å². The lowest BCUT2D eigenvalue weighted by Gasteiger charge is -2.36. The third-order valence-electron chi connectivity index (χ3n) is 4.62. The molecule has 0 N–H and O–H groups in total. The summed E-state index contributed by atoms with van der Waals surface area (Å²) >= 11 is 0. The van der Waals surface area contributed by atoms with Crippen molar-refractivity contribution in [3.05, 3.63) is 71.8 Å². The fourth-order valence-corrected chi connectivity index (χ4v) is 3.18. The number of hydrogen-bond acceptors (Lipinski definition) is 5. The van der Waals surface area contributed by atoms with Crippen LogP contribution >= 0.6 is 0 Å². The maximum Gasteiger partial charge on any atom is 0.275 e. The van der Waals surface area contributed by atoms with Crippen LogP contribution in [0.4, 0.5) is 0 Å². The first kappa shape index (κ1) is 16.3. The number of fused-ring (bicyclic) bond motifs is 1. The Bertz CT molecular complexity index is 918. The van der Waals surface area contributed by atoms with Gasteiger partial charge in [0, 0.05) is 25.1 Å². The average molecular weight is 349 g/mol. The first-order valence-electron chi connectivity index (χ1n) is 8.39. The highest BCUT2D eigenvalue weighted by Gasteiger charge is 2.32. The Balaban J connectivity index is 1.70. The van der Waals surface area contributed by atoms with Crippen LogP contribution in [0.25, 0.3) is 0 Å². The summed E-state index contributed by atoms with van der Waals surface area (Å²) < 4.78 is 7.32. The second-order valence-electron chi connectivity index (χ2n) is 6.26. The number of carbonyl (C=O) groups excluding carboxylic acids is 1. The number of benzene rings is 1. The molecule has 0 fully saturated rings. The van der Waals surface area contributed by atoms with Gasteiger partial charge in [-0.2, -0.15) is 0 Å². The molecule has 0 aliphatic carbocycles. The van der Waals surface area contributed by atoms with E-state index < -0.39 is 0 Å². The van der Waals surface area contributed by atoms with E-state index in [4.69, 9.17) is 4.74 Å². The number of nitrogens with zero attached hydrogens (tertiary/aromatic N) is 5. The van der Waals surface area contributed by atoms with Crippen LogP contribution in [0.1, 0.15) is 33.6 Å². The Morgan fingerprint density at radius 1 is 1.15 bits per heavy atom. The van der Waals surface area contributed by atoms with Gasteiger partial charge in [-0.25, -0.2) is 9.97 Å². The molecule has 1 aliphatic heterocycles. The van der Waals surface area contributed by atoms with Crippen LogP contribution in [0.3, 0.4) is 0 Å². The normalized spacial score (nSPS) is 16.2. The van der Waals surface area contributed by atoms with Crippen LogP contribution in [0.5, 0.6) is 5.75 Å². The molecule has 7 nitrogen and oxygen atoms in total. The van der Waals surface area contributed by atoms with Gasteiger partial charge in [-0.05, 0) is 24.6 Å². The van der Waals surface area contributed by atoms with Gasteiger partial charge in [0.1, 0.15) is 17.3 Å². The second-order valence-corrected chi connectivity index (χ2v) is 6.26. The lowest BCUT2D eigenvalue weighted by molar-refractivity contribution is 0.0577. The molecule has 1 aliphatic rings. The molecule has 2 aromatic heterocycles.